The molecule has 2 N–H and O–H groups in total. The molecule has 0 spiro atoms. The minimum absolute atomic E-state index is 0.230. The number of hydrogen-bond acceptors (Lipinski definition) is 6. The smallest absolute Gasteiger partial charge is 0.249 e. The van der Waals surface area contributed by atoms with Crippen LogP contribution < -0.4 is 10.6 Å². The van der Waals surface area contributed by atoms with Crippen molar-refractivity contribution in [3.63, 3.8) is 0 Å². The van der Waals surface area contributed by atoms with Crippen molar-refractivity contribution in [3.8, 4) is 0 Å². The number of nitrogens with zero attached hydrogens (tertiary/aromatic N) is 3. The third kappa shape index (κ3) is 3.97. The SMILES string of the molecule is Clc1ccc(Cl)c(Nc2nncc(NCC3CCCO3)n2)c1. The van der Waals surface area contributed by atoms with Crippen molar-refractivity contribution >= 4 is 40.7 Å². The summed E-state index contributed by atoms with van der Waals surface area (Å²) < 4.78 is 5.56. The summed E-state index contributed by atoms with van der Waals surface area (Å²) in [6.45, 7) is 1.53. The van der Waals surface area contributed by atoms with Crippen molar-refractivity contribution in [2.75, 3.05) is 23.8 Å². The molecule has 2 heterocycles. The second kappa shape index (κ2) is 7.09. The monoisotopic (exact) mass is 339 g/mol. The largest absolute Gasteiger partial charge is 0.376 e. The molecule has 1 unspecified atom stereocenters. The van der Waals surface area contributed by atoms with Crippen LogP contribution in [0.3, 0.4) is 0 Å². The second-order valence-electron chi connectivity index (χ2n) is 4.93. The van der Waals surface area contributed by atoms with Crippen LogP contribution in [0.4, 0.5) is 17.5 Å². The predicted molar refractivity (Wildman–Crippen MR) is 87.0 cm³/mol. The van der Waals surface area contributed by atoms with Gasteiger partial charge < -0.3 is 15.4 Å². The van der Waals surface area contributed by atoms with Gasteiger partial charge in [-0.2, -0.15) is 10.1 Å². The molecule has 1 saturated heterocycles. The van der Waals surface area contributed by atoms with Crippen LogP contribution in [-0.4, -0.2) is 34.4 Å². The summed E-state index contributed by atoms with van der Waals surface area (Å²) in [6.07, 6.45) is 3.97. The number of benzene rings is 1. The summed E-state index contributed by atoms with van der Waals surface area (Å²) >= 11 is 12.1. The summed E-state index contributed by atoms with van der Waals surface area (Å²) in [6, 6.07) is 5.13. The van der Waals surface area contributed by atoms with E-state index in [0.29, 0.717) is 34.0 Å². The summed E-state index contributed by atoms with van der Waals surface area (Å²) in [5.41, 5.74) is 0.632. The zero-order valence-electron chi connectivity index (χ0n) is 11.7. The zero-order valence-corrected chi connectivity index (χ0v) is 13.2. The van der Waals surface area contributed by atoms with Crippen LogP contribution in [-0.2, 0) is 4.74 Å². The second-order valence-corrected chi connectivity index (χ2v) is 5.77. The molecule has 1 fully saturated rings. The first-order valence-electron chi connectivity index (χ1n) is 6.98. The molecule has 22 heavy (non-hydrogen) atoms. The van der Waals surface area contributed by atoms with Crippen LogP contribution in [0.1, 0.15) is 12.8 Å². The van der Waals surface area contributed by atoms with Crippen molar-refractivity contribution in [1.82, 2.24) is 15.2 Å². The van der Waals surface area contributed by atoms with Gasteiger partial charge in [0.05, 0.1) is 23.0 Å². The molecule has 116 valence electrons. The van der Waals surface area contributed by atoms with E-state index in [1.807, 2.05) is 0 Å². The third-order valence-corrected chi connectivity index (χ3v) is 3.83. The van der Waals surface area contributed by atoms with E-state index in [4.69, 9.17) is 27.9 Å². The Labute approximate surface area is 138 Å². The number of nitrogens with one attached hydrogen (secondary N) is 2. The number of rotatable bonds is 5. The fourth-order valence-corrected chi connectivity index (χ4v) is 2.52. The molecule has 3 rings (SSSR count). The molecule has 1 aromatic heterocycles. The summed E-state index contributed by atoms with van der Waals surface area (Å²) in [4.78, 5) is 4.35. The minimum atomic E-state index is 0.230. The Balaban J connectivity index is 1.66. The van der Waals surface area contributed by atoms with Crippen LogP contribution in [0, 0.1) is 0 Å². The molecule has 0 amide bonds. The van der Waals surface area contributed by atoms with E-state index in [1.54, 1.807) is 24.4 Å². The molecule has 0 saturated carbocycles. The fraction of sp³-hybridized carbons (Fsp3) is 0.357. The van der Waals surface area contributed by atoms with Gasteiger partial charge in [0.15, 0.2) is 5.82 Å². The van der Waals surface area contributed by atoms with Gasteiger partial charge in [-0.15, -0.1) is 5.10 Å². The van der Waals surface area contributed by atoms with E-state index in [-0.39, 0.29) is 6.10 Å². The molecule has 2 aromatic rings. The lowest BCUT2D eigenvalue weighted by Gasteiger charge is -2.12. The van der Waals surface area contributed by atoms with Crippen LogP contribution in [0.5, 0.6) is 0 Å². The van der Waals surface area contributed by atoms with Crippen molar-refractivity contribution in [1.29, 1.82) is 0 Å². The van der Waals surface area contributed by atoms with Gasteiger partial charge in [-0.1, -0.05) is 23.2 Å². The van der Waals surface area contributed by atoms with Gasteiger partial charge in [0.1, 0.15) is 0 Å². The lowest BCUT2D eigenvalue weighted by atomic mass is 10.2. The zero-order chi connectivity index (χ0) is 15.4. The summed E-state index contributed by atoms with van der Waals surface area (Å²) in [5, 5.41) is 15.2. The normalized spacial score (nSPS) is 17.5. The molecule has 1 aliphatic rings. The summed E-state index contributed by atoms with van der Waals surface area (Å²) in [5.74, 6) is 0.979. The van der Waals surface area contributed by atoms with E-state index >= 15 is 0 Å². The van der Waals surface area contributed by atoms with Crippen LogP contribution in [0.2, 0.25) is 10.0 Å². The third-order valence-electron chi connectivity index (χ3n) is 3.27. The van der Waals surface area contributed by atoms with E-state index in [1.165, 1.54) is 0 Å². The Morgan fingerprint density at radius 3 is 3.05 bits per heavy atom. The van der Waals surface area contributed by atoms with Crippen molar-refractivity contribution in [2.24, 2.45) is 0 Å². The topological polar surface area (TPSA) is 72.0 Å². The van der Waals surface area contributed by atoms with Crippen molar-refractivity contribution < 1.29 is 4.74 Å². The number of anilines is 3. The van der Waals surface area contributed by atoms with E-state index in [0.717, 1.165) is 19.4 Å². The average molecular weight is 340 g/mol. The highest BCUT2D eigenvalue weighted by atomic mass is 35.5. The Morgan fingerprint density at radius 2 is 2.23 bits per heavy atom. The highest BCUT2D eigenvalue weighted by Crippen LogP contribution is 2.27. The first-order valence-corrected chi connectivity index (χ1v) is 7.73. The standard InChI is InChI=1S/C14H15Cl2N5O/c15-9-3-4-11(16)12(6-9)19-14-20-13(8-18-21-14)17-7-10-2-1-5-22-10/h3-4,6,8,10H,1-2,5,7H2,(H2,17,19,20,21). The Morgan fingerprint density at radius 1 is 1.32 bits per heavy atom. The van der Waals surface area contributed by atoms with Gasteiger partial charge in [0.2, 0.25) is 5.95 Å². The average Bonchev–Trinajstić information content (AvgIpc) is 3.03. The minimum Gasteiger partial charge on any atom is -0.376 e. The van der Waals surface area contributed by atoms with Gasteiger partial charge in [0, 0.05) is 18.2 Å². The number of ether oxygens (including phenoxy) is 1. The highest BCUT2D eigenvalue weighted by molar-refractivity contribution is 6.35. The maximum atomic E-state index is 6.10. The quantitative estimate of drug-likeness (QED) is 0.868. The van der Waals surface area contributed by atoms with Gasteiger partial charge >= 0.3 is 0 Å². The van der Waals surface area contributed by atoms with Crippen LogP contribution >= 0.6 is 23.2 Å². The van der Waals surface area contributed by atoms with E-state index in [2.05, 4.69) is 25.8 Å². The number of aromatic nitrogens is 3. The first-order chi connectivity index (χ1) is 10.7. The first kappa shape index (κ1) is 15.3. The van der Waals surface area contributed by atoms with Gasteiger partial charge in [-0.05, 0) is 31.0 Å². The van der Waals surface area contributed by atoms with Gasteiger partial charge in [-0.25, -0.2) is 0 Å². The molecule has 1 atom stereocenters. The number of hydrogen-bond donors (Lipinski definition) is 2. The number of halogens is 2. The lowest BCUT2D eigenvalue weighted by Crippen LogP contribution is -2.19. The van der Waals surface area contributed by atoms with Crippen molar-refractivity contribution in [3.05, 3.63) is 34.4 Å². The molecule has 1 aliphatic heterocycles. The summed E-state index contributed by atoms with van der Waals surface area (Å²) in [7, 11) is 0. The Kier molecular flexibility index (Phi) is 4.92. The van der Waals surface area contributed by atoms with Crippen LogP contribution in [0.15, 0.2) is 24.4 Å². The lowest BCUT2D eigenvalue weighted by molar-refractivity contribution is 0.120. The highest BCUT2D eigenvalue weighted by Gasteiger charge is 2.15. The molecular weight excluding hydrogens is 325 g/mol. The van der Waals surface area contributed by atoms with Crippen LogP contribution in [0.25, 0.3) is 0 Å². The Hall–Kier alpha value is -1.63. The molecule has 1 aromatic carbocycles. The molecule has 0 radical (unpaired) electrons. The van der Waals surface area contributed by atoms with E-state index in [9.17, 15) is 0 Å². The molecule has 8 heteroatoms. The molecule has 6 nitrogen and oxygen atoms in total. The maximum absolute atomic E-state index is 6.10. The van der Waals surface area contributed by atoms with Crippen molar-refractivity contribution in [2.45, 2.75) is 18.9 Å². The van der Waals surface area contributed by atoms with Gasteiger partial charge in [-0.3, -0.25) is 0 Å². The fourth-order valence-electron chi connectivity index (χ4n) is 2.18. The van der Waals surface area contributed by atoms with E-state index < -0.39 is 0 Å². The Bertz CT molecular complexity index is 649. The molecular formula is C14H15Cl2N5O. The predicted octanol–water partition coefficient (Wildman–Crippen LogP) is 3.51. The van der Waals surface area contributed by atoms with Gasteiger partial charge in [0.25, 0.3) is 0 Å². The maximum Gasteiger partial charge on any atom is 0.249 e. The molecule has 0 aliphatic carbocycles. The molecule has 0 bridgehead atoms.